The van der Waals surface area contributed by atoms with Crippen molar-refractivity contribution >= 4 is 22.1 Å². The zero-order valence-electron chi connectivity index (χ0n) is 35.1. The van der Waals surface area contributed by atoms with Gasteiger partial charge in [-0.3, -0.25) is 14.1 Å². The van der Waals surface area contributed by atoms with E-state index in [1.54, 1.807) is 0 Å². The lowest BCUT2D eigenvalue weighted by Crippen LogP contribution is -2.60. The van der Waals surface area contributed by atoms with Gasteiger partial charge in [-0.05, 0) is 51.4 Å². The van der Waals surface area contributed by atoms with Crippen molar-refractivity contribution in [2.24, 2.45) is 0 Å². The zero-order valence-corrected chi connectivity index (χ0v) is 35.9. The monoisotopic (exact) mass is 838 g/mol. The van der Waals surface area contributed by atoms with E-state index in [-0.39, 0.29) is 19.4 Å². The number of esters is 2. The summed E-state index contributed by atoms with van der Waals surface area (Å²) in [4.78, 5) is 25.3. The van der Waals surface area contributed by atoms with Crippen LogP contribution in [-0.4, -0.2) is 96.0 Å². The Balaban J connectivity index is 2.53. The number of hydrogen-bond donors (Lipinski definition) is 4. The summed E-state index contributed by atoms with van der Waals surface area (Å²) < 4.78 is 53.9. The summed E-state index contributed by atoms with van der Waals surface area (Å²) in [6.07, 6.45) is 34.0. The van der Waals surface area contributed by atoms with E-state index in [1.807, 2.05) is 18.2 Å². The van der Waals surface area contributed by atoms with Gasteiger partial charge in [0.15, 0.2) is 12.4 Å². The van der Waals surface area contributed by atoms with E-state index in [2.05, 4.69) is 68.5 Å². The Morgan fingerprint density at radius 1 is 0.603 bits per heavy atom. The van der Waals surface area contributed by atoms with E-state index in [1.165, 1.54) is 44.9 Å². The predicted molar refractivity (Wildman–Crippen MR) is 228 cm³/mol. The summed E-state index contributed by atoms with van der Waals surface area (Å²) in [5.74, 6) is -2.10. The first kappa shape index (κ1) is 53.1. The van der Waals surface area contributed by atoms with Gasteiger partial charge in [0.05, 0.1) is 6.61 Å². The number of carbonyl (C=O) groups is 2. The Hall–Kier alpha value is -2.91. The first-order valence-corrected chi connectivity index (χ1v) is 23.1. The predicted octanol–water partition coefficient (Wildman–Crippen LogP) is 8.33. The van der Waals surface area contributed by atoms with Crippen LogP contribution in [0.3, 0.4) is 0 Å². The summed E-state index contributed by atoms with van der Waals surface area (Å²) in [6.45, 7) is 3.55. The molecule has 0 aromatic heterocycles. The molecule has 1 aliphatic heterocycles. The van der Waals surface area contributed by atoms with Crippen LogP contribution < -0.4 is 0 Å². The molecule has 332 valence electrons. The van der Waals surface area contributed by atoms with E-state index in [0.717, 1.165) is 51.4 Å². The zero-order chi connectivity index (χ0) is 42.7. The number of aliphatic hydroxyl groups excluding tert-OH is 3. The van der Waals surface area contributed by atoms with Crippen LogP contribution in [-0.2, 0) is 38.7 Å². The topological polar surface area (TPSA) is 186 Å². The van der Waals surface area contributed by atoms with Crippen molar-refractivity contribution in [3.8, 4) is 0 Å². The molecule has 1 fully saturated rings. The average molecular weight is 839 g/mol. The van der Waals surface area contributed by atoms with E-state index in [4.69, 9.17) is 18.9 Å². The number of ether oxygens (including phenoxy) is 4. The highest BCUT2D eigenvalue weighted by molar-refractivity contribution is 7.85. The van der Waals surface area contributed by atoms with Gasteiger partial charge in [-0.2, -0.15) is 8.42 Å². The number of hydrogen-bond acceptors (Lipinski definition) is 11. The third-order valence-electron chi connectivity index (χ3n) is 9.31. The fraction of sp³-hybridized carbons (Fsp3) is 0.689. The fourth-order valence-electron chi connectivity index (χ4n) is 6.00. The van der Waals surface area contributed by atoms with Crippen molar-refractivity contribution in [3.63, 3.8) is 0 Å². The van der Waals surface area contributed by atoms with Crippen molar-refractivity contribution in [2.45, 2.75) is 179 Å². The third-order valence-corrected chi connectivity index (χ3v) is 10.1. The molecule has 58 heavy (non-hydrogen) atoms. The van der Waals surface area contributed by atoms with Crippen LogP contribution in [0.1, 0.15) is 142 Å². The molecule has 6 atom stereocenters. The van der Waals surface area contributed by atoms with Crippen LogP contribution in [0.25, 0.3) is 0 Å². The number of unbranched alkanes of at least 4 members (excludes halogenated alkanes) is 10. The number of aliphatic hydroxyl groups is 3. The Morgan fingerprint density at radius 3 is 1.59 bits per heavy atom. The summed E-state index contributed by atoms with van der Waals surface area (Å²) >= 11 is 0. The van der Waals surface area contributed by atoms with Gasteiger partial charge < -0.3 is 34.3 Å². The Labute approximate surface area is 348 Å². The molecule has 0 aliphatic carbocycles. The Kier molecular flexibility index (Phi) is 32.0. The van der Waals surface area contributed by atoms with Gasteiger partial charge in [-0.25, -0.2) is 0 Å². The van der Waals surface area contributed by atoms with Crippen molar-refractivity contribution in [1.82, 2.24) is 0 Å². The summed E-state index contributed by atoms with van der Waals surface area (Å²) in [7, 11) is -4.61. The van der Waals surface area contributed by atoms with Gasteiger partial charge in [0.25, 0.3) is 10.1 Å². The van der Waals surface area contributed by atoms with Crippen LogP contribution in [0.4, 0.5) is 0 Å². The first-order valence-electron chi connectivity index (χ1n) is 21.5. The van der Waals surface area contributed by atoms with Crippen molar-refractivity contribution in [2.75, 3.05) is 19.0 Å². The molecule has 12 nitrogen and oxygen atoms in total. The standard InChI is InChI=1S/C45H74O12S/c1-3-5-7-9-11-13-15-16-17-18-19-20-21-22-24-26-28-30-32-34-41(47)56-38(35-54-40(46)33-31-29-27-25-23-14-12-10-8-6-4-2)36-55-45-44(50)43(49)42(48)39(57-45)37-58(51,52)53/h5,7,11,13,16-17,19-20,22,24,28,30,38-39,42-45,48-50H,3-4,6,8-10,12,14-15,18,21,23,25-27,29,31-37H2,1-2H3,(H,51,52,53)/b7-5-,13-11-,17-16-,20-19-,24-22-,30-28-. The van der Waals surface area contributed by atoms with Gasteiger partial charge in [-0.15, -0.1) is 0 Å². The van der Waals surface area contributed by atoms with Gasteiger partial charge in [0.1, 0.15) is 36.8 Å². The van der Waals surface area contributed by atoms with Crippen LogP contribution in [0.5, 0.6) is 0 Å². The van der Waals surface area contributed by atoms with Crippen LogP contribution >= 0.6 is 0 Å². The van der Waals surface area contributed by atoms with Crippen molar-refractivity contribution in [3.05, 3.63) is 72.9 Å². The lowest BCUT2D eigenvalue weighted by atomic mass is 10.00. The van der Waals surface area contributed by atoms with E-state index in [0.29, 0.717) is 19.3 Å². The molecule has 0 aromatic rings. The molecule has 1 aliphatic rings. The molecular formula is C45H74O12S. The molecular weight excluding hydrogens is 765 g/mol. The quantitative estimate of drug-likeness (QED) is 0.0210. The van der Waals surface area contributed by atoms with Gasteiger partial charge in [0.2, 0.25) is 0 Å². The Bertz CT molecular complexity index is 1350. The summed E-state index contributed by atoms with van der Waals surface area (Å²) in [5.41, 5.74) is 0. The SMILES string of the molecule is CC/C=C\C/C=C\C/C=C\C/C=C\C/C=C\C/C=C\CCC(=O)OC(COC(=O)CCCCCCCCCCCCC)COC1OC(CS(=O)(=O)O)C(O)C(O)C1O. The average Bonchev–Trinajstić information content (AvgIpc) is 3.18. The molecule has 13 heteroatoms. The maximum absolute atomic E-state index is 12.8. The maximum Gasteiger partial charge on any atom is 0.306 e. The lowest BCUT2D eigenvalue weighted by molar-refractivity contribution is -0.297. The molecule has 0 amide bonds. The van der Waals surface area contributed by atoms with Crippen molar-refractivity contribution in [1.29, 1.82) is 0 Å². The van der Waals surface area contributed by atoms with Crippen LogP contribution in [0.2, 0.25) is 0 Å². The molecule has 6 unspecified atom stereocenters. The second-order valence-corrected chi connectivity index (χ2v) is 16.1. The highest BCUT2D eigenvalue weighted by Crippen LogP contribution is 2.24. The molecule has 0 saturated carbocycles. The second kappa shape index (κ2) is 34.9. The molecule has 1 saturated heterocycles. The van der Waals surface area contributed by atoms with Crippen LogP contribution in [0, 0.1) is 0 Å². The first-order chi connectivity index (χ1) is 28.0. The molecule has 0 radical (unpaired) electrons. The highest BCUT2D eigenvalue weighted by Gasteiger charge is 2.46. The summed E-state index contributed by atoms with van der Waals surface area (Å²) in [5, 5.41) is 30.8. The second-order valence-electron chi connectivity index (χ2n) is 14.6. The number of rotatable bonds is 34. The Morgan fingerprint density at radius 2 is 1.09 bits per heavy atom. The normalized spacial score (nSPS) is 21.1. The van der Waals surface area contributed by atoms with Gasteiger partial charge in [-0.1, -0.05) is 151 Å². The maximum atomic E-state index is 12.8. The van der Waals surface area contributed by atoms with E-state index < -0.39 is 71.2 Å². The molecule has 4 N–H and O–H groups in total. The minimum atomic E-state index is -4.61. The minimum Gasteiger partial charge on any atom is -0.462 e. The molecule has 0 aromatic carbocycles. The molecule has 1 heterocycles. The van der Waals surface area contributed by atoms with Gasteiger partial charge in [0, 0.05) is 12.8 Å². The number of carbonyl (C=O) groups excluding carboxylic acids is 2. The van der Waals surface area contributed by atoms with E-state index >= 15 is 0 Å². The fourth-order valence-corrected chi connectivity index (χ4v) is 6.69. The largest absolute Gasteiger partial charge is 0.462 e. The third kappa shape index (κ3) is 29.3. The lowest BCUT2D eigenvalue weighted by Gasteiger charge is -2.40. The molecule has 1 rings (SSSR count). The highest BCUT2D eigenvalue weighted by atomic mass is 32.2. The van der Waals surface area contributed by atoms with Crippen LogP contribution in [0.15, 0.2) is 72.9 Å². The molecule has 0 bridgehead atoms. The smallest absolute Gasteiger partial charge is 0.306 e. The van der Waals surface area contributed by atoms with E-state index in [9.17, 15) is 37.9 Å². The van der Waals surface area contributed by atoms with Crippen molar-refractivity contribution < 1.29 is 56.8 Å². The van der Waals surface area contributed by atoms with Gasteiger partial charge >= 0.3 is 11.9 Å². The molecule has 0 spiro atoms. The summed E-state index contributed by atoms with van der Waals surface area (Å²) in [6, 6.07) is 0. The minimum absolute atomic E-state index is 0.0370. The number of allylic oxidation sites excluding steroid dienone is 12.